The quantitative estimate of drug-likeness (QED) is 0.265. The zero-order chi connectivity index (χ0) is 16.4. The SMILES string of the molecule is CC(C)CCOC[C@H](O)C[C@@H](Cc1ccccc1)C(=O)NN. The van der Waals surface area contributed by atoms with Gasteiger partial charge >= 0.3 is 0 Å². The molecule has 0 saturated carbocycles. The van der Waals surface area contributed by atoms with Crippen molar-refractivity contribution in [2.24, 2.45) is 17.7 Å². The first-order chi connectivity index (χ1) is 10.5. The maximum absolute atomic E-state index is 11.9. The van der Waals surface area contributed by atoms with Crippen molar-refractivity contribution in [3.05, 3.63) is 35.9 Å². The van der Waals surface area contributed by atoms with Crippen molar-refractivity contribution in [1.82, 2.24) is 5.43 Å². The molecule has 1 rings (SSSR count). The maximum atomic E-state index is 11.9. The fourth-order valence-corrected chi connectivity index (χ4v) is 2.23. The van der Waals surface area contributed by atoms with Crippen molar-refractivity contribution < 1.29 is 14.6 Å². The van der Waals surface area contributed by atoms with Crippen molar-refractivity contribution in [3.8, 4) is 0 Å². The van der Waals surface area contributed by atoms with Gasteiger partial charge < -0.3 is 9.84 Å². The highest BCUT2D eigenvalue weighted by molar-refractivity contribution is 5.78. The Kier molecular flexibility index (Phi) is 8.74. The molecule has 0 aliphatic heterocycles. The number of nitrogens with two attached hydrogens (primary N) is 1. The standard InChI is InChI=1S/C17H28N2O3/c1-13(2)8-9-22-12-16(20)11-15(17(21)19-18)10-14-6-4-3-5-7-14/h3-7,13,15-16,20H,8-12,18H2,1-2H3,(H,19,21)/t15-,16-/m1/s1. The highest BCUT2D eigenvalue weighted by Gasteiger charge is 2.22. The van der Waals surface area contributed by atoms with Crippen LogP contribution in [0.25, 0.3) is 0 Å². The van der Waals surface area contributed by atoms with E-state index in [1.807, 2.05) is 30.3 Å². The lowest BCUT2D eigenvalue weighted by atomic mass is 9.93. The van der Waals surface area contributed by atoms with Gasteiger partial charge in [0.05, 0.1) is 12.7 Å². The Bertz CT molecular complexity index is 423. The van der Waals surface area contributed by atoms with Gasteiger partial charge in [0.1, 0.15) is 0 Å². The van der Waals surface area contributed by atoms with Gasteiger partial charge in [-0.25, -0.2) is 5.84 Å². The minimum atomic E-state index is -0.668. The van der Waals surface area contributed by atoms with Gasteiger partial charge in [0, 0.05) is 12.5 Å². The van der Waals surface area contributed by atoms with E-state index in [-0.39, 0.29) is 18.4 Å². The molecule has 5 heteroatoms. The van der Waals surface area contributed by atoms with E-state index in [2.05, 4.69) is 19.3 Å². The zero-order valence-corrected chi connectivity index (χ0v) is 13.5. The summed E-state index contributed by atoms with van der Waals surface area (Å²) in [5, 5.41) is 10.1. The smallest absolute Gasteiger partial charge is 0.237 e. The van der Waals surface area contributed by atoms with E-state index >= 15 is 0 Å². The summed E-state index contributed by atoms with van der Waals surface area (Å²) in [5.41, 5.74) is 3.23. The predicted octanol–water partition coefficient (Wildman–Crippen LogP) is 1.65. The molecule has 0 radical (unpaired) electrons. The summed E-state index contributed by atoms with van der Waals surface area (Å²) < 4.78 is 5.46. The Morgan fingerprint density at radius 1 is 1.32 bits per heavy atom. The third-order valence-electron chi connectivity index (χ3n) is 3.54. The Morgan fingerprint density at radius 3 is 2.59 bits per heavy atom. The van der Waals surface area contributed by atoms with Crippen LogP contribution >= 0.6 is 0 Å². The van der Waals surface area contributed by atoms with E-state index in [9.17, 15) is 9.90 Å². The third-order valence-corrected chi connectivity index (χ3v) is 3.54. The molecule has 1 aromatic carbocycles. The normalized spacial score (nSPS) is 13.9. The van der Waals surface area contributed by atoms with Crippen molar-refractivity contribution in [3.63, 3.8) is 0 Å². The molecule has 1 amide bonds. The summed E-state index contributed by atoms with van der Waals surface area (Å²) in [6.07, 6.45) is 1.17. The molecule has 0 fully saturated rings. The number of carbonyl (C=O) groups excluding carboxylic acids is 1. The second-order valence-corrected chi connectivity index (χ2v) is 6.04. The molecule has 0 aliphatic carbocycles. The van der Waals surface area contributed by atoms with Crippen LogP contribution in [0.3, 0.4) is 0 Å². The molecule has 1 aromatic rings. The summed E-state index contributed by atoms with van der Waals surface area (Å²) in [5.74, 6) is 5.20. The van der Waals surface area contributed by atoms with Crippen LogP contribution in [0.4, 0.5) is 0 Å². The molecule has 0 bridgehead atoms. The largest absolute Gasteiger partial charge is 0.391 e. The van der Waals surface area contributed by atoms with Gasteiger partial charge in [-0.2, -0.15) is 0 Å². The highest BCUT2D eigenvalue weighted by atomic mass is 16.5. The van der Waals surface area contributed by atoms with Crippen molar-refractivity contribution >= 4 is 5.91 Å². The fourth-order valence-electron chi connectivity index (χ4n) is 2.23. The molecule has 0 unspecified atom stereocenters. The first-order valence-electron chi connectivity index (χ1n) is 7.83. The predicted molar refractivity (Wildman–Crippen MR) is 86.9 cm³/mol. The average Bonchev–Trinajstić information content (AvgIpc) is 2.51. The summed E-state index contributed by atoms with van der Waals surface area (Å²) in [6, 6.07) is 9.71. The van der Waals surface area contributed by atoms with Crippen LogP contribution in [0.2, 0.25) is 0 Å². The fraction of sp³-hybridized carbons (Fsp3) is 0.588. The molecule has 0 saturated heterocycles. The first-order valence-corrected chi connectivity index (χ1v) is 7.83. The summed E-state index contributed by atoms with van der Waals surface area (Å²) >= 11 is 0. The molecule has 2 atom stereocenters. The van der Waals surface area contributed by atoms with Gasteiger partial charge in [-0.05, 0) is 30.7 Å². The number of hydrogen-bond donors (Lipinski definition) is 3. The molecular formula is C17H28N2O3. The number of aliphatic hydroxyl groups excluding tert-OH is 1. The van der Waals surface area contributed by atoms with Gasteiger partial charge in [-0.15, -0.1) is 0 Å². The van der Waals surface area contributed by atoms with Gasteiger partial charge in [0.25, 0.3) is 0 Å². The number of benzene rings is 1. The molecule has 22 heavy (non-hydrogen) atoms. The van der Waals surface area contributed by atoms with Crippen LogP contribution in [-0.2, 0) is 16.0 Å². The molecular weight excluding hydrogens is 280 g/mol. The Hall–Kier alpha value is -1.43. The Balaban J connectivity index is 2.45. The van der Waals surface area contributed by atoms with Crippen molar-refractivity contribution in [2.45, 2.75) is 39.2 Å². The van der Waals surface area contributed by atoms with Crippen molar-refractivity contribution in [1.29, 1.82) is 0 Å². The lowest BCUT2D eigenvalue weighted by Crippen LogP contribution is -2.39. The van der Waals surface area contributed by atoms with Crippen LogP contribution < -0.4 is 11.3 Å². The van der Waals surface area contributed by atoms with E-state index in [1.165, 1.54) is 0 Å². The third kappa shape index (κ3) is 7.54. The minimum Gasteiger partial charge on any atom is -0.391 e. The number of hydrazine groups is 1. The number of rotatable bonds is 10. The van der Waals surface area contributed by atoms with E-state index in [4.69, 9.17) is 10.6 Å². The first kappa shape index (κ1) is 18.6. The van der Waals surface area contributed by atoms with Crippen LogP contribution in [-0.4, -0.2) is 30.3 Å². The van der Waals surface area contributed by atoms with E-state index in [0.29, 0.717) is 25.4 Å². The second-order valence-electron chi connectivity index (χ2n) is 6.04. The lowest BCUT2D eigenvalue weighted by Gasteiger charge is -2.19. The zero-order valence-electron chi connectivity index (χ0n) is 13.5. The van der Waals surface area contributed by atoms with Crippen LogP contribution in [0, 0.1) is 11.8 Å². The highest BCUT2D eigenvalue weighted by Crippen LogP contribution is 2.15. The van der Waals surface area contributed by atoms with Crippen LogP contribution in [0.15, 0.2) is 30.3 Å². The summed E-state index contributed by atoms with van der Waals surface area (Å²) in [6.45, 7) is 5.12. The Morgan fingerprint density at radius 2 is 2.00 bits per heavy atom. The number of ether oxygens (including phenoxy) is 1. The summed E-state index contributed by atoms with van der Waals surface area (Å²) in [4.78, 5) is 11.9. The Labute approximate surface area is 132 Å². The number of hydrogen-bond acceptors (Lipinski definition) is 4. The number of nitrogens with one attached hydrogen (secondary N) is 1. The van der Waals surface area contributed by atoms with Crippen LogP contribution in [0.5, 0.6) is 0 Å². The number of amides is 1. The molecule has 0 spiro atoms. The monoisotopic (exact) mass is 308 g/mol. The number of carbonyl (C=O) groups is 1. The van der Waals surface area contributed by atoms with Gasteiger partial charge in [0.15, 0.2) is 0 Å². The van der Waals surface area contributed by atoms with E-state index in [0.717, 1.165) is 12.0 Å². The molecule has 124 valence electrons. The van der Waals surface area contributed by atoms with E-state index < -0.39 is 6.10 Å². The van der Waals surface area contributed by atoms with Gasteiger partial charge in [-0.1, -0.05) is 44.2 Å². The van der Waals surface area contributed by atoms with Crippen molar-refractivity contribution in [2.75, 3.05) is 13.2 Å². The topological polar surface area (TPSA) is 84.6 Å². The van der Waals surface area contributed by atoms with Crippen LogP contribution in [0.1, 0.15) is 32.3 Å². The molecule has 0 aliphatic rings. The molecule has 0 aromatic heterocycles. The second kappa shape index (κ2) is 10.3. The minimum absolute atomic E-state index is 0.246. The average molecular weight is 308 g/mol. The lowest BCUT2D eigenvalue weighted by molar-refractivity contribution is -0.126. The maximum Gasteiger partial charge on any atom is 0.237 e. The molecule has 5 nitrogen and oxygen atoms in total. The van der Waals surface area contributed by atoms with E-state index in [1.54, 1.807) is 0 Å². The molecule has 0 heterocycles. The molecule has 4 N–H and O–H groups in total. The number of aliphatic hydroxyl groups is 1. The van der Waals surface area contributed by atoms with Gasteiger partial charge in [-0.3, -0.25) is 10.2 Å². The van der Waals surface area contributed by atoms with Gasteiger partial charge in [0.2, 0.25) is 5.91 Å². The summed E-state index contributed by atoms with van der Waals surface area (Å²) in [7, 11) is 0.